The largest absolute Gasteiger partial charge is 0.340 e. The van der Waals surface area contributed by atoms with Crippen LogP contribution in [-0.4, -0.2) is 37.3 Å². The summed E-state index contributed by atoms with van der Waals surface area (Å²) in [4.78, 5) is 34.0. The fourth-order valence-electron chi connectivity index (χ4n) is 4.05. The molecule has 1 aliphatic heterocycles. The third-order valence-electron chi connectivity index (χ3n) is 5.75. The number of hydrogen-bond acceptors (Lipinski definition) is 7. The number of nitrogens with one attached hydrogen (secondary N) is 1. The molecule has 0 saturated carbocycles. The number of thiazole rings is 1. The zero-order valence-corrected chi connectivity index (χ0v) is 19.7. The van der Waals surface area contributed by atoms with Crippen molar-refractivity contribution < 1.29 is 9.18 Å². The molecular formula is C25H23FN6OS. The number of nitrogens with zero attached hydrogens (tertiary/aromatic N) is 5. The molecule has 3 aromatic heterocycles. The predicted octanol–water partition coefficient (Wildman–Crippen LogP) is 4.62. The highest BCUT2D eigenvalue weighted by molar-refractivity contribution is 7.11. The summed E-state index contributed by atoms with van der Waals surface area (Å²) in [6, 6.07) is 9.94. The highest BCUT2D eigenvalue weighted by atomic mass is 32.1. The van der Waals surface area contributed by atoms with Crippen molar-refractivity contribution in [3.63, 3.8) is 0 Å². The van der Waals surface area contributed by atoms with Crippen LogP contribution in [0.1, 0.15) is 26.8 Å². The van der Waals surface area contributed by atoms with Crippen molar-refractivity contribution in [2.75, 3.05) is 11.9 Å². The van der Waals surface area contributed by atoms with Gasteiger partial charge in [0.15, 0.2) is 5.82 Å². The minimum absolute atomic E-state index is 0.0484. The summed E-state index contributed by atoms with van der Waals surface area (Å²) in [5.41, 5.74) is 4.07. The Balaban J connectivity index is 1.48. The minimum atomic E-state index is -0.339. The van der Waals surface area contributed by atoms with Gasteiger partial charge in [0.05, 0.1) is 29.4 Å². The number of fused-ring (bicyclic) bond motifs is 1. The van der Waals surface area contributed by atoms with Gasteiger partial charge in [0, 0.05) is 47.1 Å². The molecule has 0 bridgehead atoms. The zero-order chi connectivity index (χ0) is 23.7. The van der Waals surface area contributed by atoms with E-state index in [-0.39, 0.29) is 11.7 Å². The fourth-order valence-corrected chi connectivity index (χ4v) is 4.98. The lowest BCUT2D eigenvalue weighted by molar-refractivity contribution is -0.131. The second-order valence-corrected chi connectivity index (χ2v) is 9.46. The average Bonchev–Trinajstić information content (AvgIpc) is 3.15. The van der Waals surface area contributed by atoms with Gasteiger partial charge in [0.1, 0.15) is 11.6 Å². The van der Waals surface area contributed by atoms with E-state index in [1.807, 2.05) is 30.9 Å². The lowest BCUT2D eigenvalue weighted by atomic mass is 10.0. The average molecular weight is 475 g/mol. The maximum absolute atomic E-state index is 13.8. The second kappa shape index (κ2) is 9.26. The normalized spacial score (nSPS) is 13.0. The van der Waals surface area contributed by atoms with E-state index in [9.17, 15) is 9.18 Å². The predicted molar refractivity (Wildman–Crippen MR) is 129 cm³/mol. The van der Waals surface area contributed by atoms with Gasteiger partial charge in [-0.1, -0.05) is 6.07 Å². The topological polar surface area (TPSA) is 83.9 Å². The van der Waals surface area contributed by atoms with Crippen LogP contribution >= 0.6 is 11.3 Å². The number of carbonyl (C=O) groups is 1. The molecule has 5 rings (SSSR count). The van der Waals surface area contributed by atoms with E-state index in [0.717, 1.165) is 32.4 Å². The molecule has 172 valence electrons. The van der Waals surface area contributed by atoms with E-state index < -0.39 is 0 Å². The number of benzene rings is 1. The lowest BCUT2D eigenvalue weighted by Crippen LogP contribution is -2.37. The van der Waals surface area contributed by atoms with Crippen molar-refractivity contribution in [1.82, 2.24) is 24.8 Å². The molecule has 1 N–H and O–H groups in total. The summed E-state index contributed by atoms with van der Waals surface area (Å²) in [7, 11) is 0. The van der Waals surface area contributed by atoms with Gasteiger partial charge in [-0.25, -0.2) is 19.3 Å². The Morgan fingerprint density at radius 3 is 2.71 bits per heavy atom. The van der Waals surface area contributed by atoms with Crippen molar-refractivity contribution in [3.8, 4) is 11.4 Å². The van der Waals surface area contributed by atoms with Crippen LogP contribution in [-0.2, 0) is 24.2 Å². The molecule has 1 aromatic carbocycles. The summed E-state index contributed by atoms with van der Waals surface area (Å²) in [6.07, 6.45) is 4.33. The quantitative estimate of drug-likeness (QED) is 0.454. The lowest BCUT2D eigenvalue weighted by Gasteiger charge is -2.30. The number of pyridine rings is 1. The van der Waals surface area contributed by atoms with E-state index in [4.69, 9.17) is 9.97 Å². The fraction of sp³-hybridized carbons (Fsp3) is 0.240. The molecule has 1 amide bonds. The number of carbonyl (C=O) groups excluding carboxylic acids is 1. The number of hydrogen-bond donors (Lipinski definition) is 1. The number of aryl methyl sites for hydroxylation is 2. The monoisotopic (exact) mass is 474 g/mol. The van der Waals surface area contributed by atoms with E-state index in [0.29, 0.717) is 43.3 Å². The van der Waals surface area contributed by atoms with Gasteiger partial charge in [0.2, 0.25) is 5.91 Å². The van der Waals surface area contributed by atoms with Gasteiger partial charge in [0.25, 0.3) is 0 Å². The van der Waals surface area contributed by atoms with Crippen molar-refractivity contribution in [2.45, 2.75) is 33.2 Å². The van der Waals surface area contributed by atoms with E-state index in [2.05, 4.69) is 15.3 Å². The minimum Gasteiger partial charge on any atom is -0.340 e. The third kappa shape index (κ3) is 4.65. The van der Waals surface area contributed by atoms with Crippen LogP contribution in [0.15, 0.2) is 48.8 Å². The van der Waals surface area contributed by atoms with E-state index in [1.54, 1.807) is 35.9 Å². The Kier molecular flexibility index (Phi) is 6.02. The highest BCUT2D eigenvalue weighted by Crippen LogP contribution is 2.30. The molecule has 7 nitrogen and oxygen atoms in total. The molecule has 34 heavy (non-hydrogen) atoms. The molecule has 4 heterocycles. The van der Waals surface area contributed by atoms with Gasteiger partial charge >= 0.3 is 0 Å². The van der Waals surface area contributed by atoms with Crippen molar-refractivity contribution in [1.29, 1.82) is 0 Å². The smallest absolute Gasteiger partial charge is 0.228 e. The highest BCUT2D eigenvalue weighted by Gasteiger charge is 2.27. The SMILES string of the molecule is Cc1nc(C)c(CC(=O)N2CCc3nc(-c4ccncc4)nc(Nc4cccc(F)c4)c3C2)s1. The number of anilines is 2. The maximum Gasteiger partial charge on any atom is 0.228 e. The van der Waals surface area contributed by atoms with E-state index >= 15 is 0 Å². The van der Waals surface area contributed by atoms with Crippen LogP contribution in [0.3, 0.4) is 0 Å². The standard InChI is InChI=1S/C25H23FN6OS/c1-15-22(34-16(2)28-15)13-23(33)32-11-8-21-20(14-32)25(29-19-5-3-4-18(26)12-19)31-24(30-21)17-6-9-27-10-7-17/h3-7,9-10,12H,8,11,13-14H2,1-2H3,(H,29,30,31). The first-order chi connectivity index (χ1) is 16.5. The van der Waals surface area contributed by atoms with Gasteiger partial charge < -0.3 is 10.2 Å². The van der Waals surface area contributed by atoms with Crippen molar-refractivity contribution in [3.05, 3.63) is 81.4 Å². The molecule has 1 aliphatic rings. The number of amides is 1. The van der Waals surface area contributed by atoms with Crippen LogP contribution in [0.5, 0.6) is 0 Å². The summed E-state index contributed by atoms with van der Waals surface area (Å²) in [5, 5.41) is 4.21. The van der Waals surface area contributed by atoms with Crippen LogP contribution in [0.2, 0.25) is 0 Å². The second-order valence-electron chi connectivity index (χ2n) is 8.18. The van der Waals surface area contributed by atoms with Crippen molar-refractivity contribution >= 4 is 28.7 Å². The molecule has 9 heteroatoms. The Labute approximate surface area is 200 Å². The Hall–Kier alpha value is -3.72. The molecule has 0 radical (unpaired) electrons. The van der Waals surface area contributed by atoms with Gasteiger partial charge in [-0.05, 0) is 44.2 Å². The van der Waals surface area contributed by atoms with Gasteiger partial charge in [-0.2, -0.15) is 0 Å². The molecule has 0 aliphatic carbocycles. The molecule has 0 spiro atoms. The van der Waals surface area contributed by atoms with Crippen LogP contribution < -0.4 is 5.32 Å². The van der Waals surface area contributed by atoms with Crippen molar-refractivity contribution in [2.24, 2.45) is 0 Å². The Morgan fingerprint density at radius 2 is 1.97 bits per heavy atom. The summed E-state index contributed by atoms with van der Waals surface area (Å²) >= 11 is 1.56. The molecule has 0 unspecified atom stereocenters. The van der Waals surface area contributed by atoms with E-state index in [1.165, 1.54) is 12.1 Å². The Bertz CT molecular complexity index is 1360. The first kappa shape index (κ1) is 22.1. The number of aromatic nitrogens is 4. The Morgan fingerprint density at radius 1 is 1.15 bits per heavy atom. The number of rotatable bonds is 5. The molecule has 0 fully saturated rings. The molecule has 4 aromatic rings. The summed E-state index contributed by atoms with van der Waals surface area (Å²) in [6.45, 7) is 4.85. The maximum atomic E-state index is 13.8. The third-order valence-corrected chi connectivity index (χ3v) is 6.82. The first-order valence-corrected chi connectivity index (χ1v) is 11.8. The first-order valence-electron chi connectivity index (χ1n) is 11.0. The van der Waals surface area contributed by atoms with Crippen LogP contribution in [0.25, 0.3) is 11.4 Å². The van der Waals surface area contributed by atoms with Gasteiger partial charge in [-0.3, -0.25) is 9.78 Å². The van der Waals surface area contributed by atoms with Gasteiger partial charge in [-0.15, -0.1) is 11.3 Å². The van der Waals surface area contributed by atoms with Crippen LogP contribution in [0, 0.1) is 19.7 Å². The zero-order valence-electron chi connectivity index (χ0n) is 18.9. The summed E-state index contributed by atoms with van der Waals surface area (Å²) in [5.74, 6) is 0.849. The summed E-state index contributed by atoms with van der Waals surface area (Å²) < 4.78 is 13.8. The molecule has 0 saturated heterocycles. The molecular weight excluding hydrogens is 451 g/mol. The number of halogens is 1. The van der Waals surface area contributed by atoms with Crippen LogP contribution in [0.4, 0.5) is 15.9 Å². The molecule has 0 atom stereocenters.